The molecule has 1 unspecified atom stereocenters. The molecular weight excluding hydrogens is 319 g/mol. The van der Waals surface area contributed by atoms with Crippen LogP contribution < -0.4 is 0 Å². The fourth-order valence-corrected chi connectivity index (χ4v) is 3.93. The molecule has 3 rings (SSSR count). The first kappa shape index (κ1) is 18.3. The van der Waals surface area contributed by atoms with Crippen LogP contribution in [0.5, 0.6) is 0 Å². The van der Waals surface area contributed by atoms with Crippen LogP contribution in [0.15, 0.2) is 30.3 Å². The quantitative estimate of drug-likeness (QED) is 0.785. The van der Waals surface area contributed by atoms with E-state index >= 15 is 0 Å². The lowest BCUT2D eigenvalue weighted by Gasteiger charge is -2.49. The number of likely N-dealkylation sites (tertiary alicyclic amines) is 1. The Kier molecular flexibility index (Phi) is 5.44. The summed E-state index contributed by atoms with van der Waals surface area (Å²) in [6.45, 7) is 5.98. The molecule has 0 aromatic heterocycles. The summed E-state index contributed by atoms with van der Waals surface area (Å²) in [5.74, 6) is 0.215. The van der Waals surface area contributed by atoms with E-state index in [4.69, 9.17) is 4.74 Å². The second kappa shape index (κ2) is 7.42. The fourth-order valence-electron chi connectivity index (χ4n) is 3.93. The number of likely N-dealkylation sites (N-methyl/N-ethyl adjacent to an activating group) is 1. The molecule has 2 atom stereocenters. The van der Waals surface area contributed by atoms with E-state index in [1.807, 2.05) is 56.1 Å². The van der Waals surface area contributed by atoms with Gasteiger partial charge >= 0.3 is 0 Å². The fraction of sp³-hybridized carbons (Fsp3) is 0.650. The number of rotatable bonds is 4. The van der Waals surface area contributed by atoms with Gasteiger partial charge in [-0.15, -0.1) is 0 Å². The number of benzene rings is 1. The summed E-state index contributed by atoms with van der Waals surface area (Å²) in [6, 6.07) is 9.78. The molecule has 2 aliphatic heterocycles. The summed E-state index contributed by atoms with van der Waals surface area (Å²) in [5.41, 5.74) is 0.704. The van der Waals surface area contributed by atoms with Gasteiger partial charge < -0.3 is 9.64 Å². The van der Waals surface area contributed by atoms with Crippen molar-refractivity contribution in [3.05, 3.63) is 35.9 Å². The van der Waals surface area contributed by atoms with E-state index in [9.17, 15) is 9.18 Å². The van der Waals surface area contributed by atoms with Gasteiger partial charge in [-0.05, 0) is 24.3 Å². The number of ether oxygens (including phenoxy) is 1. The highest BCUT2D eigenvalue weighted by molar-refractivity contribution is 5.81. The number of alkyl halides is 1. The monoisotopic (exact) mass is 348 g/mol. The van der Waals surface area contributed by atoms with Crippen molar-refractivity contribution in [2.45, 2.75) is 51.1 Å². The van der Waals surface area contributed by atoms with Gasteiger partial charge in [0.1, 0.15) is 6.10 Å². The van der Waals surface area contributed by atoms with Crippen LogP contribution in [0.2, 0.25) is 0 Å². The summed E-state index contributed by atoms with van der Waals surface area (Å²) in [4.78, 5) is 16.0. The second-order valence-corrected chi connectivity index (χ2v) is 7.82. The number of hydrogen-bond donors (Lipinski definition) is 0. The van der Waals surface area contributed by atoms with Crippen molar-refractivity contribution in [3.8, 4) is 0 Å². The molecule has 0 bridgehead atoms. The first-order valence-corrected chi connectivity index (χ1v) is 9.25. The topological polar surface area (TPSA) is 32.8 Å². The molecule has 25 heavy (non-hydrogen) atoms. The number of nitrogens with zero attached hydrogens (tertiary/aromatic N) is 2. The van der Waals surface area contributed by atoms with E-state index in [2.05, 4.69) is 0 Å². The molecule has 1 amide bonds. The Bertz CT molecular complexity index is 585. The minimum atomic E-state index is -0.969. The van der Waals surface area contributed by atoms with Crippen LogP contribution in [0.3, 0.4) is 0 Å². The number of amides is 1. The van der Waals surface area contributed by atoms with Crippen LogP contribution in [0.4, 0.5) is 4.39 Å². The minimum absolute atomic E-state index is 0.0653. The van der Waals surface area contributed by atoms with Crippen LogP contribution in [0.25, 0.3) is 0 Å². The number of hydrogen-bond acceptors (Lipinski definition) is 3. The molecule has 0 aliphatic carbocycles. The molecule has 2 aliphatic rings. The summed E-state index contributed by atoms with van der Waals surface area (Å²) < 4.78 is 21.0. The van der Waals surface area contributed by atoms with Crippen molar-refractivity contribution < 1.29 is 13.9 Å². The normalized spacial score (nSPS) is 25.6. The minimum Gasteiger partial charge on any atom is -0.360 e. The highest BCUT2D eigenvalue weighted by Crippen LogP contribution is 2.35. The maximum atomic E-state index is 14.7. The SMILES string of the molecule is CC(C)[C@H]1OC2(CCN(C(F)Cc3ccccc3)CC2)CN(C)C1=O. The van der Waals surface area contributed by atoms with Crippen molar-refractivity contribution in [3.63, 3.8) is 0 Å². The van der Waals surface area contributed by atoms with Crippen LogP contribution in [0.1, 0.15) is 32.3 Å². The lowest BCUT2D eigenvalue weighted by molar-refractivity contribution is -0.199. The molecule has 0 radical (unpaired) electrons. The molecule has 2 fully saturated rings. The molecule has 1 spiro atoms. The molecule has 5 heteroatoms. The van der Waals surface area contributed by atoms with Crippen molar-refractivity contribution >= 4 is 5.91 Å². The van der Waals surface area contributed by atoms with Gasteiger partial charge in [-0.25, -0.2) is 4.39 Å². The highest BCUT2D eigenvalue weighted by atomic mass is 19.1. The summed E-state index contributed by atoms with van der Waals surface area (Å²) in [5, 5.41) is 0. The van der Waals surface area contributed by atoms with Crippen LogP contribution >= 0.6 is 0 Å². The number of carbonyl (C=O) groups excluding carboxylic acids is 1. The maximum Gasteiger partial charge on any atom is 0.251 e. The van der Waals surface area contributed by atoms with E-state index in [1.165, 1.54) is 0 Å². The van der Waals surface area contributed by atoms with Gasteiger partial charge in [0.15, 0.2) is 6.30 Å². The Morgan fingerprint density at radius 3 is 2.48 bits per heavy atom. The molecule has 1 aromatic rings. The molecule has 2 heterocycles. The Morgan fingerprint density at radius 2 is 1.88 bits per heavy atom. The van der Waals surface area contributed by atoms with Gasteiger partial charge in [0.05, 0.1) is 5.60 Å². The molecule has 138 valence electrons. The first-order valence-electron chi connectivity index (χ1n) is 9.25. The van der Waals surface area contributed by atoms with Crippen molar-refractivity contribution in [1.29, 1.82) is 0 Å². The zero-order chi connectivity index (χ0) is 18.0. The summed E-state index contributed by atoms with van der Waals surface area (Å²) >= 11 is 0. The Hall–Kier alpha value is -1.46. The van der Waals surface area contributed by atoms with Gasteiger partial charge in [0, 0.05) is 33.1 Å². The van der Waals surface area contributed by atoms with Gasteiger partial charge in [0.25, 0.3) is 5.91 Å². The van der Waals surface area contributed by atoms with Gasteiger partial charge in [-0.1, -0.05) is 44.2 Å². The van der Waals surface area contributed by atoms with E-state index in [1.54, 1.807) is 4.90 Å². The maximum absolute atomic E-state index is 14.7. The highest BCUT2D eigenvalue weighted by Gasteiger charge is 2.47. The van der Waals surface area contributed by atoms with E-state index < -0.39 is 6.30 Å². The Morgan fingerprint density at radius 1 is 1.24 bits per heavy atom. The molecule has 4 nitrogen and oxygen atoms in total. The lowest BCUT2D eigenvalue weighted by Crippen LogP contribution is -2.62. The van der Waals surface area contributed by atoms with Gasteiger partial charge in [0.2, 0.25) is 0 Å². The van der Waals surface area contributed by atoms with Crippen molar-refractivity contribution in [1.82, 2.24) is 9.80 Å². The van der Waals surface area contributed by atoms with Crippen LogP contribution in [-0.2, 0) is 16.0 Å². The van der Waals surface area contributed by atoms with Crippen LogP contribution in [-0.4, -0.2) is 60.4 Å². The molecule has 0 N–H and O–H groups in total. The second-order valence-electron chi connectivity index (χ2n) is 7.82. The van der Waals surface area contributed by atoms with E-state index in [-0.39, 0.29) is 23.5 Å². The number of piperidine rings is 1. The summed E-state index contributed by atoms with van der Waals surface area (Å²) in [6.07, 6.45) is 0.604. The largest absolute Gasteiger partial charge is 0.360 e. The first-order chi connectivity index (χ1) is 11.9. The molecular formula is C20H29FN2O2. The predicted molar refractivity (Wildman–Crippen MR) is 95.9 cm³/mol. The zero-order valence-electron chi connectivity index (χ0n) is 15.5. The third-order valence-electron chi connectivity index (χ3n) is 5.48. The zero-order valence-corrected chi connectivity index (χ0v) is 15.5. The van der Waals surface area contributed by atoms with Gasteiger partial charge in [-0.3, -0.25) is 9.69 Å². The average molecular weight is 348 g/mol. The number of morpholine rings is 1. The molecule has 1 aromatic carbocycles. The Balaban J connectivity index is 1.60. The third kappa shape index (κ3) is 4.04. The van der Waals surface area contributed by atoms with Gasteiger partial charge in [-0.2, -0.15) is 0 Å². The molecule has 0 saturated carbocycles. The standard InChI is InChI=1S/C20H29FN2O2/c1-15(2)18-19(24)22(3)14-20(25-18)9-11-23(12-10-20)17(21)13-16-7-5-4-6-8-16/h4-8,15,17-18H,9-14H2,1-3H3/t17?,18-/m1/s1. The third-order valence-corrected chi connectivity index (χ3v) is 5.48. The van der Waals surface area contributed by atoms with Crippen molar-refractivity contribution in [2.24, 2.45) is 5.92 Å². The van der Waals surface area contributed by atoms with E-state index in [0.717, 1.165) is 18.4 Å². The lowest BCUT2D eigenvalue weighted by atomic mass is 9.87. The Labute approximate surface area is 149 Å². The average Bonchev–Trinajstić information content (AvgIpc) is 2.59. The van der Waals surface area contributed by atoms with Crippen molar-refractivity contribution in [2.75, 3.05) is 26.7 Å². The number of halogens is 1. The van der Waals surface area contributed by atoms with E-state index in [0.29, 0.717) is 26.1 Å². The predicted octanol–water partition coefficient (Wildman–Crippen LogP) is 2.87. The summed E-state index contributed by atoms with van der Waals surface area (Å²) in [7, 11) is 1.85. The number of carbonyl (C=O) groups is 1. The van der Waals surface area contributed by atoms with Crippen LogP contribution in [0, 0.1) is 5.92 Å². The smallest absolute Gasteiger partial charge is 0.251 e. The molecule has 2 saturated heterocycles.